The highest BCUT2D eigenvalue weighted by Gasteiger charge is 2.43. The third-order valence-corrected chi connectivity index (χ3v) is 5.97. The number of fused-ring (bicyclic) bond motifs is 1. The highest BCUT2D eigenvalue weighted by atomic mass is 16.5. The summed E-state index contributed by atoms with van der Waals surface area (Å²) >= 11 is 0. The van der Waals surface area contributed by atoms with Gasteiger partial charge in [0.05, 0.1) is 18.2 Å². The van der Waals surface area contributed by atoms with E-state index in [0.29, 0.717) is 48.5 Å². The maximum Gasteiger partial charge on any atom is 0.337 e. The van der Waals surface area contributed by atoms with Gasteiger partial charge in [0.15, 0.2) is 5.72 Å². The molecule has 1 saturated heterocycles. The molecule has 2 heterocycles. The lowest BCUT2D eigenvalue weighted by atomic mass is 9.95. The van der Waals surface area contributed by atoms with Gasteiger partial charge >= 0.3 is 5.97 Å². The Hall–Kier alpha value is -3.88. The number of piperidine rings is 1. The Bertz CT molecular complexity index is 1140. The largest absolute Gasteiger partial charge is 0.467 e. The molecule has 0 bridgehead atoms. The summed E-state index contributed by atoms with van der Waals surface area (Å²) in [7, 11) is 1.28. The number of anilines is 1. The summed E-state index contributed by atoms with van der Waals surface area (Å²) < 4.78 is 10.8. The summed E-state index contributed by atoms with van der Waals surface area (Å²) in [4.78, 5) is 39.2. The van der Waals surface area contributed by atoms with Crippen molar-refractivity contribution in [1.82, 2.24) is 10.2 Å². The van der Waals surface area contributed by atoms with Gasteiger partial charge in [-0.25, -0.2) is 4.79 Å². The van der Waals surface area contributed by atoms with Crippen LogP contribution in [0, 0.1) is 12.3 Å². The number of hydrogen-bond acceptors (Lipinski definition) is 7. The number of amides is 2. The Kier molecular flexibility index (Phi) is 5.33. The Morgan fingerprint density at radius 1 is 1.22 bits per heavy atom. The fourth-order valence-corrected chi connectivity index (χ4v) is 4.10. The molecule has 0 saturated carbocycles. The van der Waals surface area contributed by atoms with E-state index in [2.05, 4.69) is 5.32 Å². The average Bonchev–Trinajstić information content (AvgIpc) is 2.80. The zero-order valence-corrected chi connectivity index (χ0v) is 17.9. The number of methoxy groups -OCH3 is 1. The minimum Gasteiger partial charge on any atom is -0.467 e. The number of aryl methyl sites for hydroxylation is 1. The molecule has 1 fully saturated rings. The molecule has 0 aliphatic carbocycles. The highest BCUT2D eigenvalue weighted by Crippen LogP contribution is 2.34. The quantitative estimate of drug-likeness (QED) is 0.383. The van der Waals surface area contributed by atoms with Gasteiger partial charge in [0.2, 0.25) is 0 Å². The third-order valence-electron chi connectivity index (χ3n) is 5.97. The van der Waals surface area contributed by atoms with Gasteiger partial charge in [-0.3, -0.25) is 9.59 Å². The predicted octanol–water partition coefficient (Wildman–Crippen LogP) is 2.12. The van der Waals surface area contributed by atoms with E-state index < -0.39 is 11.7 Å². The second-order valence-corrected chi connectivity index (χ2v) is 7.99. The van der Waals surface area contributed by atoms with Crippen LogP contribution in [0.3, 0.4) is 0 Å². The van der Waals surface area contributed by atoms with Crippen molar-refractivity contribution in [2.45, 2.75) is 25.5 Å². The minimum atomic E-state index is -0.912. The molecule has 0 aromatic heterocycles. The van der Waals surface area contributed by atoms with Gasteiger partial charge in [-0.2, -0.15) is 0 Å². The normalized spacial score (nSPS) is 16.6. The van der Waals surface area contributed by atoms with E-state index in [1.54, 1.807) is 36.1 Å². The minimum absolute atomic E-state index is 0.156. The van der Waals surface area contributed by atoms with Crippen LogP contribution in [0.4, 0.5) is 5.69 Å². The van der Waals surface area contributed by atoms with Gasteiger partial charge in [0.1, 0.15) is 5.75 Å². The van der Waals surface area contributed by atoms with Gasteiger partial charge in [0, 0.05) is 49.0 Å². The summed E-state index contributed by atoms with van der Waals surface area (Å²) in [5, 5.41) is 10.4. The van der Waals surface area contributed by atoms with Crippen molar-refractivity contribution < 1.29 is 23.9 Å². The molecule has 2 aliphatic heterocycles. The van der Waals surface area contributed by atoms with Crippen LogP contribution in [0.1, 0.15) is 55.0 Å². The number of esters is 1. The number of nitrogen functional groups attached to an aromatic ring is 1. The van der Waals surface area contributed by atoms with Crippen molar-refractivity contribution in [3.05, 3.63) is 58.1 Å². The summed E-state index contributed by atoms with van der Waals surface area (Å²) in [6.45, 7) is 2.58. The van der Waals surface area contributed by atoms with Gasteiger partial charge in [0.25, 0.3) is 11.8 Å². The number of carbonyl (C=O) groups excluding carboxylic acids is 3. The topological polar surface area (TPSA) is 135 Å². The number of likely N-dealkylation sites (tertiary alicyclic amines) is 1. The summed E-state index contributed by atoms with van der Waals surface area (Å²) in [5.41, 5.74) is 7.80. The zero-order valence-electron chi connectivity index (χ0n) is 17.9. The average molecular weight is 436 g/mol. The Morgan fingerprint density at radius 2 is 1.94 bits per heavy atom. The van der Waals surface area contributed by atoms with Crippen LogP contribution in [0.15, 0.2) is 30.3 Å². The first-order valence-electron chi connectivity index (χ1n) is 10.2. The fourth-order valence-electron chi connectivity index (χ4n) is 4.10. The number of ether oxygens (including phenoxy) is 2. The van der Waals surface area contributed by atoms with Crippen molar-refractivity contribution >= 4 is 29.7 Å². The number of hydrogen-bond donors (Lipinski definition) is 3. The summed E-state index contributed by atoms with van der Waals surface area (Å²) in [6, 6.07) is 7.95. The first kappa shape index (κ1) is 21.4. The molecule has 2 aromatic rings. The fraction of sp³-hybridized carbons (Fsp3) is 0.304. The molecule has 2 aromatic carbocycles. The van der Waals surface area contributed by atoms with Crippen LogP contribution in [0.25, 0.3) is 0 Å². The molecular formula is C23H24N4O5. The Balaban J connectivity index is 1.50. The van der Waals surface area contributed by atoms with Gasteiger partial charge < -0.3 is 30.8 Å². The predicted molar refractivity (Wildman–Crippen MR) is 117 cm³/mol. The second kappa shape index (κ2) is 7.99. The van der Waals surface area contributed by atoms with E-state index in [1.165, 1.54) is 13.2 Å². The Labute approximate surface area is 185 Å². The van der Waals surface area contributed by atoms with Crippen LogP contribution in [-0.4, -0.2) is 54.8 Å². The molecule has 2 aliphatic rings. The molecule has 9 nitrogen and oxygen atoms in total. The molecule has 0 atom stereocenters. The van der Waals surface area contributed by atoms with Gasteiger partial charge in [-0.05, 0) is 42.8 Å². The molecule has 32 heavy (non-hydrogen) atoms. The molecule has 4 N–H and O–H groups in total. The van der Waals surface area contributed by atoms with E-state index in [0.717, 1.165) is 11.8 Å². The third kappa shape index (κ3) is 3.66. The van der Waals surface area contributed by atoms with Gasteiger partial charge in [-0.15, -0.1) is 0 Å². The summed E-state index contributed by atoms with van der Waals surface area (Å²) in [6.07, 6.45) is 1.96. The van der Waals surface area contributed by atoms with E-state index in [1.807, 2.05) is 0 Å². The van der Waals surface area contributed by atoms with E-state index in [9.17, 15) is 14.4 Å². The number of carbonyl (C=O) groups is 3. The lowest BCUT2D eigenvalue weighted by Gasteiger charge is -2.44. The molecule has 0 radical (unpaired) electrons. The van der Waals surface area contributed by atoms with Crippen LogP contribution < -0.4 is 15.8 Å². The highest BCUT2D eigenvalue weighted by molar-refractivity contribution is 6.01. The Morgan fingerprint density at radius 3 is 2.59 bits per heavy atom. The molecule has 4 rings (SSSR count). The van der Waals surface area contributed by atoms with Crippen LogP contribution >= 0.6 is 0 Å². The second-order valence-electron chi connectivity index (χ2n) is 7.99. The molecular weight excluding hydrogens is 412 g/mol. The molecule has 2 amide bonds. The first-order chi connectivity index (χ1) is 15.3. The number of nitrogens with one attached hydrogen (secondary N) is 2. The smallest absolute Gasteiger partial charge is 0.337 e. The van der Waals surface area contributed by atoms with E-state index >= 15 is 0 Å². The summed E-state index contributed by atoms with van der Waals surface area (Å²) in [5.74, 6) is -0.624. The van der Waals surface area contributed by atoms with Crippen LogP contribution in [-0.2, 0) is 4.74 Å². The van der Waals surface area contributed by atoms with Crippen molar-refractivity contribution in [2.24, 2.45) is 0 Å². The number of benzene rings is 2. The molecule has 1 spiro atoms. The molecule has 0 unspecified atom stereocenters. The first-order valence-corrected chi connectivity index (χ1v) is 10.2. The van der Waals surface area contributed by atoms with Crippen molar-refractivity contribution in [2.75, 3.05) is 25.9 Å². The van der Waals surface area contributed by atoms with Gasteiger partial charge in [-0.1, -0.05) is 0 Å². The monoisotopic (exact) mass is 436 g/mol. The van der Waals surface area contributed by atoms with Crippen molar-refractivity contribution in [3.8, 4) is 5.75 Å². The lowest BCUT2D eigenvalue weighted by molar-refractivity contribution is -0.0245. The van der Waals surface area contributed by atoms with E-state index in [-0.39, 0.29) is 22.9 Å². The maximum absolute atomic E-state index is 13.0. The van der Waals surface area contributed by atoms with Crippen LogP contribution in [0.2, 0.25) is 0 Å². The van der Waals surface area contributed by atoms with Crippen molar-refractivity contribution in [1.29, 1.82) is 5.41 Å². The molecule has 9 heteroatoms. The standard InChI is InChI=1S/C23H24N4O5/c1-13-9-15(10-16(12-24)19(13)25)21(29)27-7-5-23(6-8-27)26-20(28)17-11-14(22(30)31-2)3-4-18(17)32-23/h3-4,9-12,24H,5-8,25H2,1-2H3,(H,26,28). The van der Waals surface area contributed by atoms with E-state index in [4.69, 9.17) is 20.6 Å². The number of nitrogens with zero attached hydrogens (tertiary/aromatic N) is 1. The molecule has 166 valence electrons. The number of nitrogens with two attached hydrogens (primary N) is 1. The van der Waals surface area contributed by atoms with Crippen molar-refractivity contribution in [3.63, 3.8) is 0 Å². The zero-order chi connectivity index (χ0) is 23.0. The maximum atomic E-state index is 13.0. The number of rotatable bonds is 3. The SMILES string of the molecule is COC(=O)c1ccc2c(c1)C(=O)NC1(CCN(C(=O)c3cc(C)c(N)c(C=N)c3)CC1)O2. The lowest BCUT2D eigenvalue weighted by Crippen LogP contribution is -2.61. The van der Waals surface area contributed by atoms with Crippen LogP contribution in [0.5, 0.6) is 5.75 Å².